The minimum Gasteiger partial charge on any atom is -0.389 e. The first-order valence-electron chi connectivity index (χ1n) is 6.80. The number of aliphatic hydroxyl groups is 1. The summed E-state index contributed by atoms with van der Waals surface area (Å²) in [5.41, 5.74) is -0.626. The Hall–Kier alpha value is -0.0800. The van der Waals surface area contributed by atoms with Crippen molar-refractivity contribution in [1.82, 2.24) is 5.32 Å². The van der Waals surface area contributed by atoms with E-state index in [0.29, 0.717) is 6.04 Å². The van der Waals surface area contributed by atoms with Gasteiger partial charge in [-0.25, -0.2) is 0 Å². The Balaban J connectivity index is 2.56. The average molecular weight is 227 g/mol. The van der Waals surface area contributed by atoms with Crippen LogP contribution in [0.3, 0.4) is 0 Å². The lowest BCUT2D eigenvalue weighted by Gasteiger charge is -2.39. The van der Waals surface area contributed by atoms with E-state index in [0.717, 1.165) is 11.8 Å². The van der Waals surface area contributed by atoms with Crippen molar-refractivity contribution >= 4 is 0 Å². The molecule has 0 aliphatic heterocycles. The van der Waals surface area contributed by atoms with E-state index in [1.807, 2.05) is 13.8 Å². The second-order valence-corrected chi connectivity index (χ2v) is 6.34. The molecule has 0 heterocycles. The topological polar surface area (TPSA) is 32.3 Å². The van der Waals surface area contributed by atoms with Crippen molar-refractivity contribution in [3.05, 3.63) is 0 Å². The van der Waals surface area contributed by atoms with Gasteiger partial charge in [-0.2, -0.15) is 0 Å². The highest BCUT2D eigenvalue weighted by atomic mass is 16.3. The highest BCUT2D eigenvalue weighted by molar-refractivity contribution is 4.88. The summed E-state index contributed by atoms with van der Waals surface area (Å²) in [5.74, 6) is 1.52. The van der Waals surface area contributed by atoms with Crippen LogP contribution in [0.4, 0.5) is 0 Å². The van der Waals surface area contributed by atoms with Gasteiger partial charge in [-0.05, 0) is 45.4 Å². The quantitative estimate of drug-likeness (QED) is 0.774. The molecule has 3 atom stereocenters. The van der Waals surface area contributed by atoms with Gasteiger partial charge >= 0.3 is 0 Å². The van der Waals surface area contributed by atoms with Gasteiger partial charge in [-0.15, -0.1) is 0 Å². The molecule has 0 aromatic rings. The minimum absolute atomic E-state index is 0.164. The smallest absolute Gasteiger partial charge is 0.0741 e. The lowest BCUT2D eigenvalue weighted by atomic mass is 9.77. The van der Waals surface area contributed by atoms with Crippen molar-refractivity contribution < 1.29 is 5.11 Å². The maximum Gasteiger partial charge on any atom is 0.0741 e. The molecule has 1 rings (SSSR count). The standard InChI is InChI=1S/C14H29NO/c1-10(2)12-8-6-7-9-13(12)15-11(3)14(4,5)16/h10-13,15-16H,6-9H2,1-5H3. The van der Waals surface area contributed by atoms with Crippen molar-refractivity contribution in [2.45, 2.75) is 78.0 Å². The van der Waals surface area contributed by atoms with E-state index in [4.69, 9.17) is 0 Å². The predicted octanol–water partition coefficient (Wildman–Crippen LogP) is 2.95. The summed E-state index contributed by atoms with van der Waals surface area (Å²) in [4.78, 5) is 0. The zero-order valence-corrected chi connectivity index (χ0v) is 11.6. The monoisotopic (exact) mass is 227 g/mol. The Labute approximate surface area is 101 Å². The molecule has 1 fully saturated rings. The lowest BCUT2D eigenvalue weighted by Crippen LogP contribution is -2.52. The zero-order chi connectivity index (χ0) is 12.3. The number of rotatable bonds is 4. The molecule has 0 spiro atoms. The first kappa shape index (κ1) is 14.0. The second kappa shape index (κ2) is 5.50. The van der Waals surface area contributed by atoms with Gasteiger partial charge in [0.05, 0.1) is 5.60 Å². The Kier molecular flexibility index (Phi) is 4.81. The maximum atomic E-state index is 9.98. The SMILES string of the molecule is CC(C)C1CCCCC1NC(C)C(C)(C)O. The molecule has 0 bridgehead atoms. The molecule has 1 aliphatic rings. The average Bonchev–Trinajstić information content (AvgIpc) is 2.16. The molecule has 3 unspecified atom stereocenters. The second-order valence-electron chi connectivity index (χ2n) is 6.34. The fourth-order valence-corrected chi connectivity index (χ4v) is 2.69. The molecule has 96 valence electrons. The fourth-order valence-electron chi connectivity index (χ4n) is 2.69. The third-order valence-corrected chi connectivity index (χ3v) is 4.20. The highest BCUT2D eigenvalue weighted by Gasteiger charge is 2.31. The zero-order valence-electron chi connectivity index (χ0n) is 11.6. The first-order valence-corrected chi connectivity index (χ1v) is 6.80. The summed E-state index contributed by atoms with van der Waals surface area (Å²) in [6.45, 7) is 10.5. The van der Waals surface area contributed by atoms with E-state index < -0.39 is 5.60 Å². The third-order valence-electron chi connectivity index (χ3n) is 4.20. The molecular weight excluding hydrogens is 198 g/mol. The van der Waals surface area contributed by atoms with Gasteiger partial charge in [0.1, 0.15) is 0 Å². The van der Waals surface area contributed by atoms with Crippen molar-refractivity contribution in [3.63, 3.8) is 0 Å². The minimum atomic E-state index is -0.626. The van der Waals surface area contributed by atoms with Crippen molar-refractivity contribution in [1.29, 1.82) is 0 Å². The van der Waals surface area contributed by atoms with E-state index in [1.165, 1.54) is 25.7 Å². The Morgan fingerprint density at radius 3 is 2.19 bits per heavy atom. The Morgan fingerprint density at radius 1 is 1.12 bits per heavy atom. The Morgan fingerprint density at radius 2 is 1.69 bits per heavy atom. The normalized spacial score (nSPS) is 29.4. The van der Waals surface area contributed by atoms with Gasteiger partial charge in [0.15, 0.2) is 0 Å². The van der Waals surface area contributed by atoms with Gasteiger partial charge in [0.2, 0.25) is 0 Å². The predicted molar refractivity (Wildman–Crippen MR) is 69.5 cm³/mol. The van der Waals surface area contributed by atoms with Gasteiger partial charge in [-0.1, -0.05) is 26.7 Å². The van der Waals surface area contributed by atoms with Crippen molar-refractivity contribution in [3.8, 4) is 0 Å². The molecule has 0 amide bonds. The summed E-state index contributed by atoms with van der Waals surface area (Å²) < 4.78 is 0. The van der Waals surface area contributed by atoms with E-state index in [9.17, 15) is 5.11 Å². The maximum absolute atomic E-state index is 9.98. The van der Waals surface area contributed by atoms with Crippen LogP contribution in [0.1, 0.15) is 60.3 Å². The molecule has 16 heavy (non-hydrogen) atoms. The number of hydrogen-bond acceptors (Lipinski definition) is 2. The van der Waals surface area contributed by atoms with E-state index in [-0.39, 0.29) is 6.04 Å². The van der Waals surface area contributed by atoms with Crippen LogP contribution < -0.4 is 5.32 Å². The summed E-state index contributed by atoms with van der Waals surface area (Å²) in [6.07, 6.45) is 5.31. The summed E-state index contributed by atoms with van der Waals surface area (Å²) in [6, 6.07) is 0.757. The van der Waals surface area contributed by atoms with Crippen LogP contribution >= 0.6 is 0 Å². The molecule has 1 saturated carbocycles. The molecule has 2 N–H and O–H groups in total. The molecule has 2 nitrogen and oxygen atoms in total. The van der Waals surface area contributed by atoms with Crippen LogP contribution in [0.25, 0.3) is 0 Å². The largest absolute Gasteiger partial charge is 0.389 e. The molecular formula is C14H29NO. The molecule has 2 heteroatoms. The van der Waals surface area contributed by atoms with Crippen LogP contribution in [-0.2, 0) is 0 Å². The van der Waals surface area contributed by atoms with Crippen LogP contribution in [0.5, 0.6) is 0 Å². The van der Waals surface area contributed by atoms with E-state index in [2.05, 4.69) is 26.1 Å². The lowest BCUT2D eigenvalue weighted by molar-refractivity contribution is 0.0307. The van der Waals surface area contributed by atoms with Gasteiger partial charge in [0, 0.05) is 12.1 Å². The highest BCUT2D eigenvalue weighted by Crippen LogP contribution is 2.31. The van der Waals surface area contributed by atoms with Crippen molar-refractivity contribution in [2.75, 3.05) is 0 Å². The first-order chi connectivity index (χ1) is 7.32. The molecule has 1 aliphatic carbocycles. The summed E-state index contributed by atoms with van der Waals surface area (Å²) in [5, 5.41) is 13.6. The number of nitrogens with one attached hydrogen (secondary N) is 1. The molecule has 0 aromatic heterocycles. The van der Waals surface area contributed by atoms with Gasteiger partial charge in [-0.3, -0.25) is 0 Å². The van der Waals surface area contributed by atoms with Gasteiger partial charge in [0.25, 0.3) is 0 Å². The Bertz CT molecular complexity index is 207. The van der Waals surface area contributed by atoms with Crippen LogP contribution in [-0.4, -0.2) is 22.8 Å². The van der Waals surface area contributed by atoms with E-state index in [1.54, 1.807) is 0 Å². The molecule has 0 aromatic carbocycles. The van der Waals surface area contributed by atoms with Crippen LogP contribution in [0.2, 0.25) is 0 Å². The number of hydrogen-bond donors (Lipinski definition) is 2. The summed E-state index contributed by atoms with van der Waals surface area (Å²) in [7, 11) is 0. The summed E-state index contributed by atoms with van der Waals surface area (Å²) >= 11 is 0. The fraction of sp³-hybridized carbons (Fsp3) is 1.00. The van der Waals surface area contributed by atoms with E-state index >= 15 is 0 Å². The van der Waals surface area contributed by atoms with Crippen LogP contribution in [0.15, 0.2) is 0 Å². The third kappa shape index (κ3) is 3.74. The van der Waals surface area contributed by atoms with Crippen molar-refractivity contribution in [2.24, 2.45) is 11.8 Å². The molecule has 0 radical (unpaired) electrons. The van der Waals surface area contributed by atoms with Crippen LogP contribution in [0, 0.1) is 11.8 Å². The molecule has 0 saturated heterocycles. The van der Waals surface area contributed by atoms with Gasteiger partial charge < -0.3 is 10.4 Å².